The number of hydrogen-bond acceptors (Lipinski definition) is 7. The summed E-state index contributed by atoms with van der Waals surface area (Å²) in [5, 5.41) is 0. The van der Waals surface area contributed by atoms with E-state index in [0.29, 0.717) is 19.4 Å². The molecule has 0 radical (unpaired) electrons. The van der Waals surface area contributed by atoms with E-state index >= 15 is 0 Å². The normalized spacial score (nSPS) is 44.7. The zero-order chi connectivity index (χ0) is 20.0. The van der Waals surface area contributed by atoms with Gasteiger partial charge in [0, 0.05) is 25.2 Å². The van der Waals surface area contributed by atoms with Gasteiger partial charge in [0.2, 0.25) is 0 Å². The van der Waals surface area contributed by atoms with Crippen molar-refractivity contribution in [3.8, 4) is 0 Å². The Kier molecular flexibility index (Phi) is 5.72. The molecule has 27 heavy (non-hydrogen) atoms. The van der Waals surface area contributed by atoms with Crippen LogP contribution in [0, 0.1) is 23.2 Å². The second-order valence-electron chi connectivity index (χ2n) is 8.76. The summed E-state index contributed by atoms with van der Waals surface area (Å²) >= 11 is -1.81. The van der Waals surface area contributed by atoms with Gasteiger partial charge in [-0.15, -0.1) is 0 Å². The number of carbonyl (C=O) groups is 2. The Hall–Kier alpha value is -0.990. The summed E-state index contributed by atoms with van der Waals surface area (Å²) < 4.78 is 34.8. The predicted molar refractivity (Wildman–Crippen MR) is 97.4 cm³/mol. The van der Waals surface area contributed by atoms with Crippen molar-refractivity contribution in [2.45, 2.75) is 78.1 Å². The van der Waals surface area contributed by atoms with Gasteiger partial charge in [-0.3, -0.25) is 18.0 Å². The largest absolute Gasteiger partial charge is 0.466 e. The molecule has 3 fully saturated rings. The first kappa shape index (κ1) is 20.7. The molecule has 3 aliphatic rings. The SMILES string of the molecule is CC(=O)OC[C@@H](C)[C@@H]1CC[C@]2(C)C3[C@H]1O[S@](=O)O[C@]3(C)CC[C@H]2OC(C)=O. The van der Waals surface area contributed by atoms with E-state index in [1.165, 1.54) is 13.8 Å². The lowest BCUT2D eigenvalue weighted by Gasteiger charge is -2.62. The second-order valence-corrected chi connectivity index (χ2v) is 9.53. The van der Waals surface area contributed by atoms with Gasteiger partial charge in [-0.25, -0.2) is 0 Å². The molecule has 0 aromatic carbocycles. The van der Waals surface area contributed by atoms with Crippen LogP contribution in [0.1, 0.15) is 60.3 Å². The molecule has 8 atom stereocenters. The fourth-order valence-corrected chi connectivity index (χ4v) is 6.56. The Morgan fingerprint density at radius 3 is 2.52 bits per heavy atom. The average molecular weight is 403 g/mol. The molecule has 2 aliphatic carbocycles. The molecule has 0 aromatic heterocycles. The van der Waals surface area contributed by atoms with Crippen LogP contribution in [0.5, 0.6) is 0 Å². The summed E-state index contributed by atoms with van der Waals surface area (Å²) in [6, 6.07) is 0. The molecule has 0 aromatic rings. The molecule has 3 rings (SSSR count). The topological polar surface area (TPSA) is 88.1 Å². The van der Waals surface area contributed by atoms with Crippen molar-refractivity contribution >= 4 is 23.3 Å². The van der Waals surface area contributed by atoms with E-state index < -0.39 is 17.0 Å². The lowest BCUT2D eigenvalue weighted by atomic mass is 9.50. The molecule has 7 nitrogen and oxygen atoms in total. The van der Waals surface area contributed by atoms with Gasteiger partial charge in [-0.05, 0) is 44.4 Å². The average Bonchev–Trinajstić information content (AvgIpc) is 2.54. The van der Waals surface area contributed by atoms with E-state index in [9.17, 15) is 13.8 Å². The van der Waals surface area contributed by atoms with Crippen LogP contribution in [0.3, 0.4) is 0 Å². The van der Waals surface area contributed by atoms with Crippen molar-refractivity contribution < 1.29 is 31.6 Å². The molecule has 1 aliphatic heterocycles. The number of rotatable bonds is 4. The molecule has 1 heterocycles. The van der Waals surface area contributed by atoms with Crippen LogP contribution in [0.25, 0.3) is 0 Å². The standard InChI is InChI=1S/C19H30O7S/c1-11(10-23-12(2)20)14-6-8-18(4)15(24-13(3)21)7-9-19(5)17(18)16(14)25-27(22)26-19/h11,14-17H,6-10H2,1-5H3/t11-,14+,15-,16+,17?,18+,19-,27+/m1/s1. The van der Waals surface area contributed by atoms with Gasteiger partial charge in [0.05, 0.1) is 18.3 Å². The second kappa shape index (κ2) is 7.44. The van der Waals surface area contributed by atoms with Crippen molar-refractivity contribution in [3.63, 3.8) is 0 Å². The van der Waals surface area contributed by atoms with Crippen LogP contribution >= 0.6 is 0 Å². The van der Waals surface area contributed by atoms with Gasteiger partial charge in [0.1, 0.15) is 6.10 Å². The number of esters is 2. The highest BCUT2D eigenvalue weighted by molar-refractivity contribution is 7.75. The molecule has 0 bridgehead atoms. The highest BCUT2D eigenvalue weighted by Gasteiger charge is 2.65. The lowest BCUT2D eigenvalue weighted by Crippen LogP contribution is -2.67. The van der Waals surface area contributed by atoms with Crippen molar-refractivity contribution in [2.75, 3.05) is 6.61 Å². The van der Waals surface area contributed by atoms with Crippen molar-refractivity contribution in [1.29, 1.82) is 0 Å². The summed E-state index contributed by atoms with van der Waals surface area (Å²) in [5.41, 5.74) is -0.912. The number of ether oxygens (including phenoxy) is 2. The van der Waals surface area contributed by atoms with Crippen molar-refractivity contribution in [3.05, 3.63) is 0 Å². The summed E-state index contributed by atoms with van der Waals surface area (Å²) in [6.07, 6.45) is 2.50. The molecular formula is C19H30O7S. The summed E-state index contributed by atoms with van der Waals surface area (Å²) in [6.45, 7) is 9.29. The molecule has 0 N–H and O–H groups in total. The van der Waals surface area contributed by atoms with Crippen LogP contribution in [-0.4, -0.2) is 40.6 Å². The first-order valence-electron chi connectivity index (χ1n) is 9.66. The van der Waals surface area contributed by atoms with Gasteiger partial charge >= 0.3 is 23.3 Å². The van der Waals surface area contributed by atoms with E-state index in [-0.39, 0.29) is 47.3 Å². The van der Waals surface area contributed by atoms with E-state index in [1.54, 1.807) is 0 Å². The van der Waals surface area contributed by atoms with Gasteiger partial charge in [-0.2, -0.15) is 4.21 Å². The molecule has 2 saturated carbocycles. The molecule has 1 unspecified atom stereocenters. The van der Waals surface area contributed by atoms with Gasteiger partial charge < -0.3 is 9.47 Å². The van der Waals surface area contributed by atoms with E-state index in [0.717, 1.165) is 12.8 Å². The first-order valence-corrected chi connectivity index (χ1v) is 10.7. The Balaban J connectivity index is 1.91. The number of hydrogen-bond donors (Lipinski definition) is 0. The lowest BCUT2D eigenvalue weighted by molar-refractivity contribution is -0.232. The van der Waals surface area contributed by atoms with E-state index in [2.05, 4.69) is 6.92 Å². The van der Waals surface area contributed by atoms with Crippen LogP contribution in [0.4, 0.5) is 0 Å². The van der Waals surface area contributed by atoms with Crippen molar-refractivity contribution in [1.82, 2.24) is 0 Å². The van der Waals surface area contributed by atoms with E-state index in [1.807, 2.05) is 13.8 Å². The van der Waals surface area contributed by atoms with Gasteiger partial charge in [-0.1, -0.05) is 13.8 Å². The zero-order valence-corrected chi connectivity index (χ0v) is 17.5. The van der Waals surface area contributed by atoms with Gasteiger partial charge in [0.15, 0.2) is 0 Å². The summed E-state index contributed by atoms with van der Waals surface area (Å²) in [5.74, 6) is -0.494. The van der Waals surface area contributed by atoms with Crippen molar-refractivity contribution in [2.24, 2.45) is 23.2 Å². The smallest absolute Gasteiger partial charge is 0.305 e. The van der Waals surface area contributed by atoms with E-state index in [4.69, 9.17) is 17.8 Å². The molecule has 0 amide bonds. The van der Waals surface area contributed by atoms with Crippen LogP contribution in [0.15, 0.2) is 0 Å². The number of carbonyl (C=O) groups excluding carboxylic acids is 2. The Morgan fingerprint density at radius 1 is 1.19 bits per heavy atom. The summed E-state index contributed by atoms with van der Waals surface area (Å²) in [7, 11) is 0. The monoisotopic (exact) mass is 402 g/mol. The Labute approximate surface area is 163 Å². The molecule has 8 heteroatoms. The predicted octanol–water partition coefficient (Wildman–Crippen LogP) is 2.70. The third kappa shape index (κ3) is 3.80. The minimum atomic E-state index is -1.81. The van der Waals surface area contributed by atoms with Crippen LogP contribution < -0.4 is 0 Å². The quantitative estimate of drug-likeness (QED) is 0.668. The highest BCUT2D eigenvalue weighted by Crippen LogP contribution is 2.61. The Bertz CT molecular complexity index is 638. The fraction of sp³-hybridized carbons (Fsp3) is 0.895. The maximum absolute atomic E-state index is 12.3. The maximum Gasteiger partial charge on any atom is 0.305 e. The van der Waals surface area contributed by atoms with Crippen LogP contribution in [-0.2, 0) is 38.8 Å². The molecule has 1 saturated heterocycles. The third-order valence-corrected chi connectivity index (χ3v) is 7.71. The summed E-state index contributed by atoms with van der Waals surface area (Å²) in [4.78, 5) is 22.8. The fourth-order valence-electron chi connectivity index (χ4n) is 5.59. The maximum atomic E-state index is 12.3. The Morgan fingerprint density at radius 2 is 1.89 bits per heavy atom. The minimum absolute atomic E-state index is 0.0562. The van der Waals surface area contributed by atoms with Gasteiger partial charge in [0.25, 0.3) is 0 Å². The molecule has 154 valence electrons. The zero-order valence-electron chi connectivity index (χ0n) is 16.7. The minimum Gasteiger partial charge on any atom is -0.466 e. The highest BCUT2D eigenvalue weighted by atomic mass is 32.2. The molecule has 0 spiro atoms. The molecular weight excluding hydrogens is 372 g/mol. The third-order valence-electron chi connectivity index (χ3n) is 6.81. The first-order chi connectivity index (χ1) is 12.6. The van der Waals surface area contributed by atoms with Crippen LogP contribution in [0.2, 0.25) is 0 Å².